The number of likely N-dealkylation sites (N-methyl/N-ethyl adjacent to an activating group) is 1. The number of hydrogen-bond donors (Lipinski definition) is 1. The van der Waals surface area contributed by atoms with Crippen LogP contribution in [-0.2, 0) is 4.79 Å². The molecule has 0 radical (unpaired) electrons. The van der Waals surface area contributed by atoms with E-state index >= 15 is 0 Å². The van der Waals surface area contributed by atoms with E-state index in [0.29, 0.717) is 5.02 Å². The number of rotatable bonds is 4. The van der Waals surface area contributed by atoms with E-state index in [1.807, 2.05) is 24.3 Å². The van der Waals surface area contributed by atoms with Crippen LogP contribution in [0.4, 0.5) is 0 Å². The fourth-order valence-corrected chi connectivity index (χ4v) is 2.44. The zero-order valence-electron chi connectivity index (χ0n) is 11.4. The van der Waals surface area contributed by atoms with Crippen molar-refractivity contribution in [3.05, 3.63) is 34.9 Å². The predicted octanol–water partition coefficient (Wildman–Crippen LogP) is 2.84. The Hall–Kier alpha value is -1.06. The van der Waals surface area contributed by atoms with Gasteiger partial charge in [-0.2, -0.15) is 0 Å². The molecule has 1 amide bonds. The van der Waals surface area contributed by atoms with Crippen LogP contribution in [0.15, 0.2) is 24.3 Å². The Balaban J connectivity index is 3.12. The molecule has 0 bridgehead atoms. The van der Waals surface area contributed by atoms with Crippen molar-refractivity contribution >= 4 is 17.5 Å². The Morgan fingerprint density at radius 3 is 2.28 bits per heavy atom. The van der Waals surface area contributed by atoms with Gasteiger partial charge in [0.1, 0.15) is 0 Å². The predicted molar refractivity (Wildman–Crippen MR) is 75.5 cm³/mol. The van der Waals surface area contributed by atoms with Crippen molar-refractivity contribution in [3.63, 3.8) is 0 Å². The molecule has 0 spiro atoms. The van der Waals surface area contributed by atoms with Crippen molar-refractivity contribution in [3.8, 4) is 0 Å². The van der Waals surface area contributed by atoms with Gasteiger partial charge in [-0.25, -0.2) is 0 Å². The second-order valence-corrected chi connectivity index (χ2v) is 5.36. The Kier molecular flexibility index (Phi) is 5.17. The quantitative estimate of drug-likeness (QED) is 0.913. The Labute approximate surface area is 114 Å². The minimum atomic E-state index is -0.501. The first-order chi connectivity index (χ1) is 8.36. The van der Waals surface area contributed by atoms with Gasteiger partial charge in [0, 0.05) is 12.1 Å². The summed E-state index contributed by atoms with van der Waals surface area (Å²) < 4.78 is 0. The van der Waals surface area contributed by atoms with Crippen LogP contribution < -0.4 is 5.73 Å². The Bertz CT molecular complexity index is 418. The lowest BCUT2D eigenvalue weighted by atomic mass is 9.94. The second kappa shape index (κ2) is 6.21. The molecule has 100 valence electrons. The monoisotopic (exact) mass is 268 g/mol. The van der Waals surface area contributed by atoms with Gasteiger partial charge >= 0.3 is 0 Å². The molecule has 2 N–H and O–H groups in total. The molecule has 1 aromatic rings. The third-order valence-corrected chi connectivity index (χ3v) is 3.35. The maximum absolute atomic E-state index is 12.0. The first-order valence-electron chi connectivity index (χ1n) is 6.13. The molecule has 0 saturated heterocycles. The van der Waals surface area contributed by atoms with Gasteiger partial charge in [0.15, 0.2) is 0 Å². The second-order valence-electron chi connectivity index (χ2n) is 4.95. The summed E-state index contributed by atoms with van der Waals surface area (Å²) >= 11 is 6.22. The molecular formula is C14H21ClN2O. The number of carbonyl (C=O) groups is 1. The summed E-state index contributed by atoms with van der Waals surface area (Å²) in [5.41, 5.74) is 6.63. The fourth-order valence-electron chi connectivity index (χ4n) is 2.19. The number of benzene rings is 1. The highest BCUT2D eigenvalue weighted by atomic mass is 35.5. The lowest BCUT2D eigenvalue weighted by Crippen LogP contribution is -2.43. The Morgan fingerprint density at radius 2 is 1.83 bits per heavy atom. The van der Waals surface area contributed by atoms with Crippen molar-refractivity contribution in [2.24, 2.45) is 11.7 Å². The number of nitrogens with zero attached hydrogens (tertiary/aromatic N) is 1. The standard InChI is InChI=1S/C14H21ClN2O/c1-9(2)13(17(4)14(18)10(3)16)11-7-5-6-8-12(11)15/h5-10,13H,16H2,1-4H3/t10-,13-/m1/s1. The van der Waals surface area contributed by atoms with Gasteiger partial charge in [0.2, 0.25) is 5.91 Å². The van der Waals surface area contributed by atoms with Crippen LogP contribution in [-0.4, -0.2) is 23.9 Å². The summed E-state index contributed by atoms with van der Waals surface area (Å²) in [5, 5.41) is 0.681. The third kappa shape index (κ3) is 3.24. The summed E-state index contributed by atoms with van der Waals surface area (Å²) in [6, 6.07) is 7.06. The highest BCUT2D eigenvalue weighted by molar-refractivity contribution is 6.31. The number of carbonyl (C=O) groups excluding carboxylic acids is 1. The molecule has 1 rings (SSSR count). The lowest BCUT2D eigenvalue weighted by Gasteiger charge is -2.33. The van der Waals surface area contributed by atoms with Crippen LogP contribution in [0.2, 0.25) is 5.02 Å². The third-order valence-electron chi connectivity index (χ3n) is 3.01. The van der Waals surface area contributed by atoms with Gasteiger partial charge in [-0.1, -0.05) is 43.6 Å². The molecule has 0 saturated carbocycles. The molecule has 4 heteroatoms. The summed E-state index contributed by atoms with van der Waals surface area (Å²) in [7, 11) is 1.78. The van der Waals surface area contributed by atoms with Crippen LogP contribution in [0.1, 0.15) is 32.4 Å². The smallest absolute Gasteiger partial charge is 0.239 e. The first kappa shape index (κ1) is 15.0. The summed E-state index contributed by atoms with van der Waals surface area (Å²) in [5.74, 6) is 0.186. The van der Waals surface area contributed by atoms with E-state index in [9.17, 15) is 4.79 Å². The van der Waals surface area contributed by atoms with E-state index in [2.05, 4.69) is 13.8 Å². The fraction of sp³-hybridized carbons (Fsp3) is 0.500. The first-order valence-corrected chi connectivity index (χ1v) is 6.50. The van der Waals surface area contributed by atoms with Gasteiger partial charge in [-0.15, -0.1) is 0 Å². The van der Waals surface area contributed by atoms with Crippen molar-refractivity contribution in [1.29, 1.82) is 0 Å². The van der Waals surface area contributed by atoms with Crippen LogP contribution in [0, 0.1) is 5.92 Å². The molecule has 0 unspecified atom stereocenters. The van der Waals surface area contributed by atoms with Crippen molar-refractivity contribution in [1.82, 2.24) is 4.90 Å². The highest BCUT2D eigenvalue weighted by Crippen LogP contribution is 2.32. The maximum atomic E-state index is 12.0. The molecule has 0 aliphatic carbocycles. The van der Waals surface area contributed by atoms with E-state index in [1.165, 1.54) is 0 Å². The maximum Gasteiger partial charge on any atom is 0.239 e. The number of halogens is 1. The van der Waals surface area contributed by atoms with Crippen molar-refractivity contribution in [2.75, 3.05) is 7.05 Å². The Morgan fingerprint density at radius 1 is 1.28 bits per heavy atom. The SMILES string of the molecule is CC(C)[C@H](c1ccccc1Cl)N(C)C(=O)[C@@H](C)N. The molecule has 18 heavy (non-hydrogen) atoms. The molecule has 2 atom stereocenters. The molecule has 0 aliphatic rings. The highest BCUT2D eigenvalue weighted by Gasteiger charge is 2.27. The topological polar surface area (TPSA) is 46.3 Å². The minimum Gasteiger partial charge on any atom is -0.337 e. The average Bonchev–Trinajstić information content (AvgIpc) is 2.30. The number of nitrogens with two attached hydrogens (primary N) is 1. The van der Waals surface area contributed by atoms with E-state index < -0.39 is 6.04 Å². The molecule has 0 heterocycles. The van der Waals surface area contributed by atoms with Gasteiger partial charge in [-0.05, 0) is 24.5 Å². The van der Waals surface area contributed by atoms with Gasteiger partial charge < -0.3 is 10.6 Å². The van der Waals surface area contributed by atoms with Gasteiger partial charge in [0.05, 0.1) is 12.1 Å². The lowest BCUT2D eigenvalue weighted by molar-refractivity contribution is -0.134. The van der Waals surface area contributed by atoms with E-state index in [4.69, 9.17) is 17.3 Å². The van der Waals surface area contributed by atoms with E-state index in [0.717, 1.165) is 5.56 Å². The molecular weight excluding hydrogens is 248 g/mol. The molecule has 3 nitrogen and oxygen atoms in total. The van der Waals surface area contributed by atoms with Gasteiger partial charge in [0.25, 0.3) is 0 Å². The van der Waals surface area contributed by atoms with Crippen LogP contribution >= 0.6 is 11.6 Å². The van der Waals surface area contributed by atoms with E-state index in [-0.39, 0.29) is 17.9 Å². The van der Waals surface area contributed by atoms with Crippen LogP contribution in [0.5, 0.6) is 0 Å². The van der Waals surface area contributed by atoms with Crippen LogP contribution in [0.3, 0.4) is 0 Å². The normalized spacial score (nSPS) is 14.4. The molecule has 0 aromatic heterocycles. The zero-order valence-corrected chi connectivity index (χ0v) is 12.1. The largest absolute Gasteiger partial charge is 0.337 e. The molecule has 0 fully saturated rings. The summed E-state index contributed by atoms with van der Waals surface area (Å²) in [6.45, 7) is 5.83. The summed E-state index contributed by atoms with van der Waals surface area (Å²) in [6.07, 6.45) is 0. The van der Waals surface area contributed by atoms with E-state index in [1.54, 1.807) is 18.9 Å². The molecule has 1 aromatic carbocycles. The molecule has 0 aliphatic heterocycles. The van der Waals surface area contributed by atoms with Gasteiger partial charge in [-0.3, -0.25) is 4.79 Å². The zero-order chi connectivity index (χ0) is 13.9. The number of amides is 1. The average molecular weight is 269 g/mol. The minimum absolute atomic E-state index is 0.0581. The van der Waals surface area contributed by atoms with Crippen LogP contribution in [0.25, 0.3) is 0 Å². The summed E-state index contributed by atoms with van der Waals surface area (Å²) in [4.78, 5) is 13.7. The van der Waals surface area contributed by atoms with Crippen molar-refractivity contribution < 1.29 is 4.79 Å². The van der Waals surface area contributed by atoms with Crippen molar-refractivity contribution in [2.45, 2.75) is 32.9 Å². The number of hydrogen-bond acceptors (Lipinski definition) is 2.